The second-order valence-electron chi connectivity index (χ2n) is 10.6. The van der Waals surface area contributed by atoms with Crippen LogP contribution in [0.25, 0.3) is 0 Å². The van der Waals surface area contributed by atoms with E-state index in [1.165, 1.54) is 18.2 Å². The van der Waals surface area contributed by atoms with E-state index >= 15 is 0 Å². The van der Waals surface area contributed by atoms with E-state index in [0.717, 1.165) is 32.0 Å². The predicted octanol–water partition coefficient (Wildman–Crippen LogP) is 4.49. The minimum atomic E-state index is -2.95. The number of ether oxygens (including phenoxy) is 1. The molecule has 7 nitrogen and oxygen atoms in total. The molecular weight excluding hydrogens is 485 g/mol. The van der Waals surface area contributed by atoms with Crippen molar-refractivity contribution in [2.75, 3.05) is 32.1 Å². The third kappa shape index (κ3) is 6.54. The minimum absolute atomic E-state index is 0.0320. The molecule has 202 valence electrons. The fourth-order valence-electron chi connectivity index (χ4n) is 5.12. The number of hydrogen-bond acceptors (Lipinski definition) is 5. The summed E-state index contributed by atoms with van der Waals surface area (Å²) in [7, 11) is 2.05. The molecule has 0 spiro atoms. The molecule has 1 aromatic heterocycles. The first-order chi connectivity index (χ1) is 17.5. The molecule has 3 heterocycles. The molecule has 10 heteroatoms. The van der Waals surface area contributed by atoms with Gasteiger partial charge in [0, 0.05) is 43.1 Å². The van der Waals surface area contributed by atoms with E-state index in [9.17, 15) is 22.8 Å². The number of anilines is 1. The average molecular weight is 521 g/mol. The van der Waals surface area contributed by atoms with Crippen LogP contribution < -0.4 is 16.2 Å². The zero-order chi connectivity index (χ0) is 26.7. The third-order valence-corrected chi connectivity index (χ3v) is 7.25. The Bertz CT molecular complexity index is 1180. The molecule has 1 amide bonds. The molecule has 1 atom stereocenters. The minimum Gasteiger partial charge on any atom is -0.381 e. The highest BCUT2D eigenvalue weighted by Gasteiger charge is 2.31. The largest absolute Gasteiger partial charge is 0.381 e. The molecule has 2 saturated heterocycles. The van der Waals surface area contributed by atoms with Gasteiger partial charge in [0.25, 0.3) is 17.9 Å². The number of hydrogen-bond donors (Lipinski definition) is 2. The number of nitrogens with zero attached hydrogens (tertiary/aromatic N) is 2. The van der Waals surface area contributed by atoms with Crippen molar-refractivity contribution in [2.45, 2.75) is 70.2 Å². The van der Waals surface area contributed by atoms with Crippen LogP contribution in [0.1, 0.15) is 73.5 Å². The van der Waals surface area contributed by atoms with Gasteiger partial charge < -0.3 is 24.8 Å². The van der Waals surface area contributed by atoms with Gasteiger partial charge >= 0.3 is 0 Å². The second kappa shape index (κ2) is 11.3. The molecule has 0 aliphatic carbocycles. The molecule has 0 radical (unpaired) electrons. The fraction of sp³-hybridized carbons (Fsp3) is 0.556. The number of benzene rings is 1. The molecule has 0 bridgehead atoms. The van der Waals surface area contributed by atoms with Crippen molar-refractivity contribution in [1.82, 2.24) is 14.8 Å². The maximum absolute atomic E-state index is 14.5. The molecule has 1 aromatic carbocycles. The number of piperidine rings is 1. The number of carbonyl (C=O) groups excluding carboxylic acids is 1. The number of alkyl halides is 2. The lowest BCUT2D eigenvalue weighted by molar-refractivity contribution is -0.0695. The quantitative estimate of drug-likeness (QED) is 0.563. The van der Waals surface area contributed by atoms with Crippen LogP contribution in [0.15, 0.2) is 35.3 Å². The maximum Gasteiger partial charge on any atom is 0.266 e. The zero-order valence-electron chi connectivity index (χ0n) is 21.5. The van der Waals surface area contributed by atoms with Gasteiger partial charge in [-0.3, -0.25) is 9.59 Å². The van der Waals surface area contributed by atoms with Crippen LogP contribution in [0.4, 0.5) is 18.9 Å². The standard InChI is InChI=1S/C27H35F3N4O3/c1-27(2)14-19(9-12-37-27)34-16-21(22(13-23(34)35)32-18-7-10-33(3)11-8-18)26(36)31-15-17-5-4-6-20(24(17)28)25(29)30/h4-6,13,16,18-19,25,32H,7-12,14-15H2,1-3H3,(H,31,36). The molecule has 2 aliphatic heterocycles. The van der Waals surface area contributed by atoms with E-state index in [2.05, 4.69) is 15.5 Å². The molecule has 2 fully saturated rings. The van der Waals surface area contributed by atoms with Gasteiger partial charge in [0.2, 0.25) is 0 Å². The van der Waals surface area contributed by atoms with Crippen LogP contribution >= 0.6 is 0 Å². The second-order valence-corrected chi connectivity index (χ2v) is 10.6. The summed E-state index contributed by atoms with van der Waals surface area (Å²) < 4.78 is 48.1. The number of carbonyl (C=O) groups is 1. The Labute approximate surface area is 215 Å². The van der Waals surface area contributed by atoms with Crippen molar-refractivity contribution in [3.63, 3.8) is 0 Å². The Hall–Kier alpha value is -2.85. The van der Waals surface area contributed by atoms with Crippen molar-refractivity contribution in [1.29, 1.82) is 0 Å². The van der Waals surface area contributed by atoms with Gasteiger partial charge in [-0.2, -0.15) is 0 Å². The van der Waals surface area contributed by atoms with E-state index in [-0.39, 0.29) is 35.3 Å². The lowest BCUT2D eigenvalue weighted by Gasteiger charge is -2.36. The Morgan fingerprint density at radius 1 is 1.22 bits per heavy atom. The highest BCUT2D eigenvalue weighted by atomic mass is 19.3. The van der Waals surface area contributed by atoms with Gasteiger partial charge in [-0.15, -0.1) is 0 Å². The van der Waals surface area contributed by atoms with Gasteiger partial charge in [-0.1, -0.05) is 18.2 Å². The van der Waals surface area contributed by atoms with Gasteiger partial charge in [-0.05, 0) is 59.7 Å². The van der Waals surface area contributed by atoms with Crippen LogP contribution in [-0.2, 0) is 11.3 Å². The van der Waals surface area contributed by atoms with Crippen LogP contribution in [0.5, 0.6) is 0 Å². The normalized spacial score (nSPS) is 20.7. The van der Waals surface area contributed by atoms with E-state index in [1.54, 1.807) is 10.8 Å². The first kappa shape index (κ1) is 27.2. The van der Waals surface area contributed by atoms with Gasteiger partial charge in [0.15, 0.2) is 0 Å². The van der Waals surface area contributed by atoms with Gasteiger partial charge in [0.05, 0.1) is 22.4 Å². The van der Waals surface area contributed by atoms with E-state index in [1.807, 2.05) is 20.9 Å². The number of pyridine rings is 1. The topological polar surface area (TPSA) is 75.6 Å². The first-order valence-corrected chi connectivity index (χ1v) is 12.7. The number of amides is 1. The Balaban J connectivity index is 1.62. The lowest BCUT2D eigenvalue weighted by atomic mass is 9.93. The van der Waals surface area contributed by atoms with Gasteiger partial charge in [0.1, 0.15) is 5.82 Å². The SMILES string of the molecule is CN1CCC(Nc2cc(=O)n(C3CCOC(C)(C)C3)cc2C(=O)NCc2cccc(C(F)F)c2F)CC1. The highest BCUT2D eigenvalue weighted by molar-refractivity contribution is 5.99. The molecule has 4 rings (SSSR count). The van der Waals surface area contributed by atoms with Crippen LogP contribution in [0.2, 0.25) is 0 Å². The molecule has 37 heavy (non-hydrogen) atoms. The molecule has 1 unspecified atom stereocenters. The molecule has 2 N–H and O–H groups in total. The van der Waals surface area contributed by atoms with Crippen molar-refractivity contribution >= 4 is 11.6 Å². The monoisotopic (exact) mass is 520 g/mol. The predicted molar refractivity (Wildman–Crippen MR) is 136 cm³/mol. The lowest BCUT2D eigenvalue weighted by Crippen LogP contribution is -2.40. The van der Waals surface area contributed by atoms with E-state index in [0.29, 0.717) is 25.1 Å². The average Bonchev–Trinajstić information content (AvgIpc) is 2.84. The highest BCUT2D eigenvalue weighted by Crippen LogP contribution is 2.32. The number of likely N-dealkylation sites (tertiary alicyclic amines) is 1. The summed E-state index contributed by atoms with van der Waals surface area (Å²) in [6, 6.07) is 5.14. The maximum atomic E-state index is 14.5. The molecular formula is C27H35F3N4O3. The fourth-order valence-corrected chi connectivity index (χ4v) is 5.12. The van der Waals surface area contributed by atoms with E-state index < -0.39 is 29.3 Å². The van der Waals surface area contributed by atoms with Crippen LogP contribution in [-0.4, -0.2) is 53.8 Å². The molecule has 2 aromatic rings. The Kier molecular flexibility index (Phi) is 8.28. The van der Waals surface area contributed by atoms with E-state index in [4.69, 9.17) is 4.74 Å². The summed E-state index contributed by atoms with van der Waals surface area (Å²) >= 11 is 0. The van der Waals surface area contributed by atoms with Crippen molar-refractivity contribution in [3.05, 3.63) is 63.3 Å². The first-order valence-electron chi connectivity index (χ1n) is 12.7. The number of rotatable bonds is 7. The third-order valence-electron chi connectivity index (χ3n) is 7.25. The Morgan fingerprint density at radius 3 is 2.62 bits per heavy atom. The summed E-state index contributed by atoms with van der Waals surface area (Å²) in [6.45, 7) is 5.97. The smallest absolute Gasteiger partial charge is 0.266 e. The number of halogens is 3. The van der Waals surface area contributed by atoms with Crippen molar-refractivity contribution < 1.29 is 22.7 Å². The summed E-state index contributed by atoms with van der Waals surface area (Å²) in [4.78, 5) is 28.8. The molecule has 2 aliphatic rings. The summed E-state index contributed by atoms with van der Waals surface area (Å²) in [5.41, 5.74) is -0.675. The summed E-state index contributed by atoms with van der Waals surface area (Å²) in [6.07, 6.45) is 1.58. The summed E-state index contributed by atoms with van der Waals surface area (Å²) in [5, 5.41) is 6.03. The molecule has 0 saturated carbocycles. The zero-order valence-corrected chi connectivity index (χ0v) is 21.5. The number of nitrogens with one attached hydrogen (secondary N) is 2. The van der Waals surface area contributed by atoms with Crippen molar-refractivity contribution in [3.8, 4) is 0 Å². The summed E-state index contributed by atoms with van der Waals surface area (Å²) in [5.74, 6) is -1.55. The van der Waals surface area contributed by atoms with Crippen molar-refractivity contribution in [2.24, 2.45) is 0 Å². The van der Waals surface area contributed by atoms with Crippen LogP contribution in [0, 0.1) is 5.82 Å². The van der Waals surface area contributed by atoms with Crippen LogP contribution in [0.3, 0.4) is 0 Å². The van der Waals surface area contributed by atoms with Gasteiger partial charge in [-0.25, -0.2) is 13.2 Å². The Morgan fingerprint density at radius 2 is 1.95 bits per heavy atom. The number of aromatic nitrogens is 1.